The van der Waals surface area contributed by atoms with Crippen molar-refractivity contribution in [1.82, 2.24) is 15.0 Å². The Hall–Kier alpha value is -1.45. The van der Waals surface area contributed by atoms with Crippen molar-refractivity contribution in [1.29, 1.82) is 5.26 Å². The van der Waals surface area contributed by atoms with E-state index in [1.54, 1.807) is 11.8 Å². The van der Waals surface area contributed by atoms with E-state index < -0.39 is 0 Å². The number of hydrogen-bond acceptors (Lipinski definition) is 5. The molecule has 6 heteroatoms. The van der Waals surface area contributed by atoms with Crippen molar-refractivity contribution in [2.24, 2.45) is 0 Å². The lowest BCUT2D eigenvalue weighted by molar-refractivity contribution is 0.166. The monoisotopic (exact) mass is 210 g/mol. The topological polar surface area (TPSA) is 84.0 Å². The van der Waals surface area contributed by atoms with Gasteiger partial charge in [0.2, 0.25) is 0 Å². The molecule has 15 heavy (non-hydrogen) atoms. The molecule has 0 saturated heterocycles. The molecule has 0 aliphatic carbocycles. The zero-order valence-electron chi connectivity index (χ0n) is 8.84. The summed E-state index contributed by atoms with van der Waals surface area (Å²) < 4.78 is 6.61. The van der Waals surface area contributed by atoms with Crippen LogP contribution in [0.4, 0.5) is 0 Å². The molecule has 0 aliphatic heterocycles. The van der Waals surface area contributed by atoms with Gasteiger partial charge in [0.05, 0.1) is 37.4 Å². The summed E-state index contributed by atoms with van der Waals surface area (Å²) in [6.45, 7) is 2.14. The molecule has 1 N–H and O–H groups in total. The number of aliphatic hydroxyl groups excluding tert-OH is 1. The zero-order chi connectivity index (χ0) is 11.3. The lowest BCUT2D eigenvalue weighted by atomic mass is 10.2. The number of aliphatic hydroxyl groups is 1. The van der Waals surface area contributed by atoms with Gasteiger partial charge in [0.1, 0.15) is 5.69 Å². The van der Waals surface area contributed by atoms with Crippen molar-refractivity contribution in [3.63, 3.8) is 0 Å². The molecule has 6 nitrogen and oxygen atoms in total. The molecule has 1 aromatic rings. The van der Waals surface area contributed by atoms with E-state index in [0.717, 1.165) is 5.69 Å². The van der Waals surface area contributed by atoms with Crippen LogP contribution in [0.3, 0.4) is 0 Å². The highest BCUT2D eigenvalue weighted by Gasteiger charge is 2.16. The fraction of sp³-hybridized carbons (Fsp3) is 0.667. The number of nitrogens with zero attached hydrogens (tertiary/aromatic N) is 4. The maximum Gasteiger partial charge on any atom is 0.102 e. The summed E-state index contributed by atoms with van der Waals surface area (Å²) in [6, 6.07) is 1.86. The Labute approximate surface area is 88.1 Å². The van der Waals surface area contributed by atoms with Gasteiger partial charge >= 0.3 is 0 Å². The molecule has 0 aliphatic rings. The van der Waals surface area contributed by atoms with Gasteiger partial charge in [0.25, 0.3) is 0 Å². The minimum absolute atomic E-state index is 0.0218. The molecular formula is C9H14N4O2. The van der Waals surface area contributed by atoms with Crippen LogP contribution in [0.5, 0.6) is 0 Å². The van der Waals surface area contributed by atoms with Gasteiger partial charge in [-0.3, -0.25) is 0 Å². The second-order valence-electron chi connectivity index (χ2n) is 3.23. The standard InChI is InChI=1S/C9H14N4O2/c1-7(5-14)13-9(6-15-2)8(3-4-10)11-12-13/h7,14H,3,5-6H2,1-2H3. The molecule has 1 rings (SSSR count). The Morgan fingerprint density at radius 3 is 2.93 bits per heavy atom. The maximum atomic E-state index is 9.03. The zero-order valence-corrected chi connectivity index (χ0v) is 8.84. The lowest BCUT2D eigenvalue weighted by Crippen LogP contribution is -2.15. The number of nitriles is 1. The van der Waals surface area contributed by atoms with Gasteiger partial charge in [-0.15, -0.1) is 5.10 Å². The highest BCUT2D eigenvalue weighted by Crippen LogP contribution is 2.13. The van der Waals surface area contributed by atoms with E-state index in [1.165, 1.54) is 0 Å². The van der Waals surface area contributed by atoms with Gasteiger partial charge in [-0.2, -0.15) is 5.26 Å². The van der Waals surface area contributed by atoms with E-state index >= 15 is 0 Å². The van der Waals surface area contributed by atoms with Crippen LogP contribution in [0.25, 0.3) is 0 Å². The summed E-state index contributed by atoms with van der Waals surface area (Å²) in [5.41, 5.74) is 1.36. The molecule has 1 aromatic heterocycles. The Bertz CT molecular complexity index is 355. The van der Waals surface area contributed by atoms with E-state index in [-0.39, 0.29) is 19.1 Å². The van der Waals surface area contributed by atoms with Gasteiger partial charge in [0, 0.05) is 7.11 Å². The van der Waals surface area contributed by atoms with Crippen LogP contribution < -0.4 is 0 Å². The molecule has 0 bridgehead atoms. The Balaban J connectivity index is 3.01. The Kier molecular flexibility index (Phi) is 4.21. The van der Waals surface area contributed by atoms with E-state index in [4.69, 9.17) is 15.1 Å². The van der Waals surface area contributed by atoms with Crippen LogP contribution in [-0.2, 0) is 17.8 Å². The molecule has 0 radical (unpaired) electrons. The van der Waals surface area contributed by atoms with E-state index in [9.17, 15) is 0 Å². The molecule has 0 fully saturated rings. The first kappa shape index (κ1) is 11.6. The smallest absolute Gasteiger partial charge is 0.102 e. The van der Waals surface area contributed by atoms with Gasteiger partial charge in [0.15, 0.2) is 0 Å². The number of methoxy groups -OCH3 is 1. The summed E-state index contributed by atoms with van der Waals surface area (Å²) in [5, 5.41) is 25.4. The average molecular weight is 210 g/mol. The summed E-state index contributed by atoms with van der Waals surface area (Å²) >= 11 is 0. The third-order valence-corrected chi connectivity index (χ3v) is 2.08. The van der Waals surface area contributed by atoms with Crippen LogP contribution in [0.2, 0.25) is 0 Å². The largest absolute Gasteiger partial charge is 0.394 e. The lowest BCUT2D eigenvalue weighted by Gasteiger charge is -2.11. The fourth-order valence-electron chi connectivity index (χ4n) is 1.28. The van der Waals surface area contributed by atoms with Crippen molar-refractivity contribution >= 4 is 0 Å². The maximum absolute atomic E-state index is 9.03. The summed E-state index contributed by atoms with van der Waals surface area (Å²) in [6.07, 6.45) is 0.205. The first-order chi connectivity index (χ1) is 7.24. The second kappa shape index (κ2) is 5.44. The molecular weight excluding hydrogens is 196 g/mol. The normalized spacial score (nSPS) is 12.4. The summed E-state index contributed by atoms with van der Waals surface area (Å²) in [7, 11) is 1.57. The predicted octanol–water partition coefficient (Wildman–Crippen LogP) is 0.0439. The Morgan fingerprint density at radius 2 is 2.40 bits per heavy atom. The third-order valence-electron chi connectivity index (χ3n) is 2.08. The molecule has 1 unspecified atom stereocenters. The number of hydrogen-bond donors (Lipinski definition) is 1. The quantitative estimate of drug-likeness (QED) is 0.742. The third kappa shape index (κ3) is 2.52. The Morgan fingerprint density at radius 1 is 1.67 bits per heavy atom. The van der Waals surface area contributed by atoms with Crippen molar-refractivity contribution in [2.75, 3.05) is 13.7 Å². The van der Waals surface area contributed by atoms with Gasteiger partial charge < -0.3 is 9.84 Å². The minimum Gasteiger partial charge on any atom is -0.394 e. The molecule has 1 atom stereocenters. The predicted molar refractivity (Wildman–Crippen MR) is 51.8 cm³/mol. The van der Waals surface area contributed by atoms with E-state index in [0.29, 0.717) is 12.3 Å². The van der Waals surface area contributed by atoms with Crippen molar-refractivity contribution in [3.05, 3.63) is 11.4 Å². The summed E-state index contributed by atoms with van der Waals surface area (Å²) in [4.78, 5) is 0. The van der Waals surface area contributed by atoms with Crippen molar-refractivity contribution in [3.8, 4) is 6.07 Å². The van der Waals surface area contributed by atoms with E-state index in [1.807, 2.05) is 13.0 Å². The molecule has 1 heterocycles. The first-order valence-corrected chi connectivity index (χ1v) is 4.64. The first-order valence-electron chi connectivity index (χ1n) is 4.64. The highest BCUT2D eigenvalue weighted by atomic mass is 16.5. The van der Waals surface area contributed by atoms with Crippen molar-refractivity contribution in [2.45, 2.75) is 26.0 Å². The van der Waals surface area contributed by atoms with Crippen LogP contribution in [-0.4, -0.2) is 33.8 Å². The van der Waals surface area contributed by atoms with Crippen molar-refractivity contribution < 1.29 is 9.84 Å². The number of aromatic nitrogens is 3. The molecule has 0 spiro atoms. The molecule has 82 valence electrons. The van der Waals surface area contributed by atoms with Gasteiger partial charge in [-0.25, -0.2) is 4.68 Å². The fourth-order valence-corrected chi connectivity index (χ4v) is 1.28. The van der Waals surface area contributed by atoms with Gasteiger partial charge in [-0.1, -0.05) is 5.21 Å². The molecule has 0 aromatic carbocycles. The van der Waals surface area contributed by atoms with Gasteiger partial charge in [-0.05, 0) is 6.92 Å². The van der Waals surface area contributed by atoms with Crippen LogP contribution >= 0.6 is 0 Å². The SMILES string of the molecule is COCc1c(CC#N)nnn1C(C)CO. The van der Waals surface area contributed by atoms with Crippen LogP contribution in [0.15, 0.2) is 0 Å². The average Bonchev–Trinajstić information content (AvgIpc) is 2.62. The second-order valence-corrected chi connectivity index (χ2v) is 3.23. The minimum atomic E-state index is -0.157. The molecule has 0 saturated carbocycles. The number of rotatable bonds is 5. The summed E-state index contributed by atoms with van der Waals surface area (Å²) in [5.74, 6) is 0. The van der Waals surface area contributed by atoms with E-state index in [2.05, 4.69) is 10.3 Å². The van der Waals surface area contributed by atoms with Crippen LogP contribution in [0, 0.1) is 11.3 Å². The van der Waals surface area contributed by atoms with Crippen LogP contribution in [0.1, 0.15) is 24.4 Å². The highest BCUT2D eigenvalue weighted by molar-refractivity contribution is 5.14. The number of ether oxygens (including phenoxy) is 1. The molecule has 0 amide bonds.